The lowest BCUT2D eigenvalue weighted by atomic mass is 10.2. The normalized spacial score (nSPS) is 16.4. The fourth-order valence-corrected chi connectivity index (χ4v) is 7.43. The lowest BCUT2D eigenvalue weighted by Crippen LogP contribution is -2.51. The van der Waals surface area contributed by atoms with E-state index in [0.29, 0.717) is 12.8 Å². The van der Waals surface area contributed by atoms with Gasteiger partial charge in [-0.2, -0.15) is 4.31 Å². The summed E-state index contributed by atoms with van der Waals surface area (Å²) >= 11 is 1.08. The van der Waals surface area contributed by atoms with E-state index in [2.05, 4.69) is 15.6 Å². The second-order valence-electron chi connectivity index (χ2n) is 8.15. The number of carbonyl (C=O) groups is 2. The van der Waals surface area contributed by atoms with E-state index in [1.807, 2.05) is 6.92 Å². The van der Waals surface area contributed by atoms with Crippen LogP contribution in [0.25, 0.3) is 0 Å². The molecular formula is C23H24N4O6S3. The maximum atomic E-state index is 13.0. The first-order chi connectivity index (χ1) is 17.1. The zero-order chi connectivity index (χ0) is 25.9. The van der Waals surface area contributed by atoms with Gasteiger partial charge in [0.25, 0.3) is 21.8 Å². The number of thiophene rings is 1. The van der Waals surface area contributed by atoms with E-state index < -0.39 is 37.9 Å². The van der Waals surface area contributed by atoms with Crippen molar-refractivity contribution in [2.75, 3.05) is 11.3 Å². The van der Waals surface area contributed by atoms with Crippen molar-refractivity contribution >= 4 is 48.9 Å². The molecular weight excluding hydrogens is 524 g/mol. The summed E-state index contributed by atoms with van der Waals surface area (Å²) < 4.78 is 54.4. The Morgan fingerprint density at radius 1 is 0.944 bits per heavy atom. The van der Waals surface area contributed by atoms with Crippen LogP contribution in [0.3, 0.4) is 0 Å². The molecule has 1 aliphatic heterocycles. The molecule has 1 aromatic heterocycles. The second-order valence-corrected chi connectivity index (χ2v) is 12.9. The average Bonchev–Trinajstić information content (AvgIpc) is 3.56. The number of anilines is 1. The number of rotatable bonds is 7. The summed E-state index contributed by atoms with van der Waals surface area (Å²) in [5.41, 5.74) is 5.95. The van der Waals surface area contributed by atoms with Crippen LogP contribution in [0, 0.1) is 6.92 Å². The van der Waals surface area contributed by atoms with Crippen molar-refractivity contribution < 1.29 is 26.4 Å². The maximum absolute atomic E-state index is 13.0. The van der Waals surface area contributed by atoms with E-state index in [0.717, 1.165) is 21.2 Å². The van der Waals surface area contributed by atoms with E-state index in [-0.39, 0.29) is 26.9 Å². The molecule has 0 saturated carbocycles. The number of nitrogens with zero attached hydrogens (tertiary/aromatic N) is 1. The lowest BCUT2D eigenvalue weighted by molar-refractivity contribution is -0.125. The summed E-state index contributed by atoms with van der Waals surface area (Å²) in [5, 5.41) is 1.65. The van der Waals surface area contributed by atoms with Crippen LogP contribution in [0.5, 0.6) is 0 Å². The van der Waals surface area contributed by atoms with Gasteiger partial charge in [-0.15, -0.1) is 11.3 Å². The number of nitrogens with one attached hydrogen (secondary N) is 3. The summed E-state index contributed by atoms with van der Waals surface area (Å²) in [5.74, 6) is -1.28. The van der Waals surface area contributed by atoms with Gasteiger partial charge in [0.2, 0.25) is 10.0 Å². The second kappa shape index (κ2) is 10.4. The van der Waals surface area contributed by atoms with Gasteiger partial charge in [0.05, 0.1) is 4.90 Å². The van der Waals surface area contributed by atoms with Gasteiger partial charge in [0, 0.05) is 17.8 Å². The maximum Gasteiger partial charge on any atom is 0.271 e. The van der Waals surface area contributed by atoms with E-state index >= 15 is 0 Å². The third kappa shape index (κ3) is 5.59. The zero-order valence-electron chi connectivity index (χ0n) is 19.2. The summed E-state index contributed by atoms with van der Waals surface area (Å²) in [6.45, 7) is 2.05. The monoisotopic (exact) mass is 548 g/mol. The van der Waals surface area contributed by atoms with Crippen LogP contribution < -0.4 is 15.6 Å². The Kier molecular flexibility index (Phi) is 7.45. The number of benzene rings is 2. The summed E-state index contributed by atoms with van der Waals surface area (Å²) in [6.07, 6.45) is 0.839. The topological polar surface area (TPSA) is 142 Å². The van der Waals surface area contributed by atoms with Gasteiger partial charge in [0.15, 0.2) is 0 Å². The molecule has 0 spiro atoms. The van der Waals surface area contributed by atoms with Crippen LogP contribution in [-0.2, 0) is 24.8 Å². The SMILES string of the molecule is Cc1ccc(S(=O)(=O)N2CCC[C@H]2C(=O)NNC(=O)c2ccc(NS(=O)(=O)c3cccs3)cc2)cc1. The standard InChI is InChI=1S/C23H24N4O6S3/c1-16-6-12-19(13-7-16)36(32,33)27-14-2-4-20(27)23(29)25-24-22(28)17-8-10-18(11-9-17)26-35(30,31)21-5-3-15-34-21/h3,5-13,15,20,26H,2,4,14H2,1H3,(H,24,28)(H,25,29)/t20-/m0/s1. The fraction of sp³-hybridized carbons (Fsp3) is 0.217. The smallest absolute Gasteiger partial charge is 0.271 e. The molecule has 0 bridgehead atoms. The molecule has 2 aromatic carbocycles. The van der Waals surface area contributed by atoms with Crippen molar-refractivity contribution in [1.29, 1.82) is 0 Å². The van der Waals surface area contributed by atoms with Crippen LogP contribution in [0.15, 0.2) is 75.1 Å². The van der Waals surface area contributed by atoms with Crippen LogP contribution >= 0.6 is 11.3 Å². The van der Waals surface area contributed by atoms with Gasteiger partial charge in [-0.3, -0.25) is 25.2 Å². The minimum Gasteiger partial charge on any atom is -0.279 e. The molecule has 0 radical (unpaired) electrons. The van der Waals surface area contributed by atoms with Crippen molar-refractivity contribution in [2.45, 2.75) is 34.9 Å². The molecule has 190 valence electrons. The Hall–Kier alpha value is -3.26. The first-order valence-electron chi connectivity index (χ1n) is 10.9. The number of hydrazine groups is 1. The molecule has 1 aliphatic rings. The molecule has 4 rings (SSSR count). The highest BCUT2D eigenvalue weighted by molar-refractivity contribution is 7.94. The van der Waals surface area contributed by atoms with Gasteiger partial charge in [-0.05, 0) is 67.6 Å². The minimum atomic E-state index is -3.87. The quantitative estimate of drug-likeness (QED) is 0.387. The van der Waals surface area contributed by atoms with E-state index in [4.69, 9.17) is 0 Å². The van der Waals surface area contributed by atoms with Crippen molar-refractivity contribution in [2.24, 2.45) is 0 Å². The van der Waals surface area contributed by atoms with Crippen molar-refractivity contribution in [3.05, 3.63) is 77.2 Å². The minimum absolute atomic E-state index is 0.103. The number of sulfonamides is 2. The lowest BCUT2D eigenvalue weighted by Gasteiger charge is -2.23. The first-order valence-corrected chi connectivity index (χ1v) is 14.7. The molecule has 0 aliphatic carbocycles. The molecule has 13 heteroatoms. The highest BCUT2D eigenvalue weighted by Crippen LogP contribution is 2.26. The predicted molar refractivity (Wildman–Crippen MR) is 135 cm³/mol. The first kappa shape index (κ1) is 25.8. The number of aryl methyl sites for hydroxylation is 1. The highest BCUT2D eigenvalue weighted by atomic mass is 32.2. The summed E-state index contributed by atoms with van der Waals surface area (Å²) in [7, 11) is -7.59. The average molecular weight is 549 g/mol. The van der Waals surface area contributed by atoms with E-state index in [9.17, 15) is 26.4 Å². The molecule has 0 unspecified atom stereocenters. The molecule has 2 amide bonds. The van der Waals surface area contributed by atoms with Crippen molar-refractivity contribution in [3.63, 3.8) is 0 Å². The highest BCUT2D eigenvalue weighted by Gasteiger charge is 2.39. The van der Waals surface area contributed by atoms with Crippen LogP contribution in [0.4, 0.5) is 5.69 Å². The van der Waals surface area contributed by atoms with Gasteiger partial charge in [-0.1, -0.05) is 23.8 Å². The van der Waals surface area contributed by atoms with Crippen molar-refractivity contribution in [1.82, 2.24) is 15.2 Å². The molecule has 2 heterocycles. The third-order valence-electron chi connectivity index (χ3n) is 5.59. The van der Waals surface area contributed by atoms with Gasteiger partial charge in [-0.25, -0.2) is 16.8 Å². The number of hydrogen-bond acceptors (Lipinski definition) is 7. The summed E-state index contributed by atoms with van der Waals surface area (Å²) in [4.78, 5) is 25.3. The predicted octanol–water partition coefficient (Wildman–Crippen LogP) is 2.47. The van der Waals surface area contributed by atoms with Crippen LogP contribution in [0.2, 0.25) is 0 Å². The molecule has 36 heavy (non-hydrogen) atoms. The molecule has 3 aromatic rings. The van der Waals surface area contributed by atoms with Crippen LogP contribution in [0.1, 0.15) is 28.8 Å². The van der Waals surface area contributed by atoms with Gasteiger partial charge < -0.3 is 0 Å². The number of amides is 2. The van der Waals surface area contributed by atoms with E-state index in [1.54, 1.807) is 23.6 Å². The molecule has 1 atom stereocenters. The zero-order valence-corrected chi connectivity index (χ0v) is 21.6. The molecule has 1 saturated heterocycles. The van der Waals surface area contributed by atoms with E-state index in [1.165, 1.54) is 42.5 Å². The largest absolute Gasteiger partial charge is 0.279 e. The Morgan fingerprint density at radius 2 is 1.64 bits per heavy atom. The molecule has 1 fully saturated rings. The number of carbonyl (C=O) groups excluding carboxylic acids is 2. The van der Waals surface area contributed by atoms with Gasteiger partial charge in [0.1, 0.15) is 10.3 Å². The van der Waals surface area contributed by atoms with Crippen LogP contribution in [-0.4, -0.2) is 45.5 Å². The Labute approximate surface area is 213 Å². The Morgan fingerprint density at radius 3 is 2.28 bits per heavy atom. The molecule has 10 nitrogen and oxygen atoms in total. The van der Waals surface area contributed by atoms with Crippen molar-refractivity contribution in [3.8, 4) is 0 Å². The molecule has 3 N–H and O–H groups in total. The van der Waals surface area contributed by atoms with Gasteiger partial charge >= 0.3 is 0 Å². The fourth-order valence-electron chi connectivity index (χ4n) is 3.72. The third-order valence-corrected chi connectivity index (χ3v) is 10.3. The number of hydrogen-bond donors (Lipinski definition) is 3. The summed E-state index contributed by atoms with van der Waals surface area (Å²) in [6, 6.07) is 14.2. The Balaban J connectivity index is 1.36. The Bertz CT molecular complexity index is 1450.